The lowest BCUT2D eigenvalue weighted by molar-refractivity contribution is 0.00710. The Morgan fingerprint density at radius 1 is 1.04 bits per heavy atom. The van der Waals surface area contributed by atoms with E-state index < -0.39 is 0 Å². The minimum Gasteiger partial charge on any atom is -0.379 e. The summed E-state index contributed by atoms with van der Waals surface area (Å²) in [4.78, 5) is 6.53. The third-order valence-electron chi connectivity index (χ3n) is 4.67. The van der Waals surface area contributed by atoms with Crippen LogP contribution in [0.15, 0.2) is 17.1 Å². The molecule has 0 spiro atoms. The smallest absolute Gasteiger partial charge is 0.106 e. The summed E-state index contributed by atoms with van der Waals surface area (Å²) in [5.41, 5.74) is 0. The maximum atomic E-state index is 9.67. The average Bonchev–Trinajstić information content (AvgIpc) is 3.00. The van der Waals surface area contributed by atoms with Crippen LogP contribution in [-0.2, 0) is 0 Å². The van der Waals surface area contributed by atoms with Crippen LogP contribution in [0.2, 0.25) is 0 Å². The zero-order chi connectivity index (χ0) is 16.8. The quantitative estimate of drug-likeness (QED) is 0.348. The van der Waals surface area contributed by atoms with E-state index in [0.717, 1.165) is 13.0 Å². The van der Waals surface area contributed by atoms with Gasteiger partial charge in [0.25, 0.3) is 0 Å². The van der Waals surface area contributed by atoms with Gasteiger partial charge in [-0.25, -0.2) is 0 Å². The van der Waals surface area contributed by atoms with Gasteiger partial charge in [0.05, 0.1) is 0 Å². The van der Waals surface area contributed by atoms with Crippen LogP contribution < -0.4 is 0 Å². The summed E-state index contributed by atoms with van der Waals surface area (Å²) in [5, 5.41) is 9.67. The van der Waals surface area contributed by atoms with E-state index in [1.807, 2.05) is 13.1 Å². The lowest BCUT2D eigenvalue weighted by atomic mass is 10.0. The van der Waals surface area contributed by atoms with Gasteiger partial charge in [-0.05, 0) is 39.0 Å². The first kappa shape index (κ1) is 20.4. The summed E-state index contributed by atoms with van der Waals surface area (Å²) in [7, 11) is 0. The van der Waals surface area contributed by atoms with Gasteiger partial charge in [-0.15, -0.1) is 0 Å². The third kappa shape index (κ3) is 9.93. The summed E-state index contributed by atoms with van der Waals surface area (Å²) < 4.78 is 0. The zero-order valence-corrected chi connectivity index (χ0v) is 15.4. The zero-order valence-electron chi connectivity index (χ0n) is 15.4. The van der Waals surface area contributed by atoms with Crippen molar-refractivity contribution in [3.8, 4) is 0 Å². The van der Waals surface area contributed by atoms with Crippen molar-refractivity contribution in [1.29, 1.82) is 0 Å². The second kappa shape index (κ2) is 13.7. The van der Waals surface area contributed by atoms with Gasteiger partial charge in [0, 0.05) is 12.8 Å². The largest absolute Gasteiger partial charge is 0.379 e. The lowest BCUT2D eigenvalue weighted by Gasteiger charge is -2.25. The van der Waals surface area contributed by atoms with Gasteiger partial charge in [0.15, 0.2) is 0 Å². The summed E-state index contributed by atoms with van der Waals surface area (Å²) in [6.45, 7) is 4.83. The van der Waals surface area contributed by atoms with Crippen molar-refractivity contribution in [3.05, 3.63) is 12.2 Å². The van der Waals surface area contributed by atoms with Crippen LogP contribution in [0.4, 0.5) is 0 Å². The van der Waals surface area contributed by atoms with Crippen LogP contribution in [0.25, 0.3) is 0 Å². The van der Waals surface area contributed by atoms with Crippen molar-refractivity contribution in [3.63, 3.8) is 0 Å². The van der Waals surface area contributed by atoms with Gasteiger partial charge in [-0.2, -0.15) is 0 Å². The molecule has 0 saturated heterocycles. The van der Waals surface area contributed by atoms with E-state index in [2.05, 4.69) is 29.0 Å². The fourth-order valence-corrected chi connectivity index (χ4v) is 3.22. The second-order valence-electron chi connectivity index (χ2n) is 6.78. The van der Waals surface area contributed by atoms with Crippen molar-refractivity contribution in [1.82, 2.24) is 4.90 Å². The Bertz CT molecular complexity index is 326. The van der Waals surface area contributed by atoms with Gasteiger partial charge < -0.3 is 5.11 Å². The van der Waals surface area contributed by atoms with Crippen molar-refractivity contribution >= 4 is 6.21 Å². The highest BCUT2D eigenvalue weighted by molar-refractivity contribution is 5.62. The van der Waals surface area contributed by atoms with Crippen molar-refractivity contribution in [2.24, 2.45) is 4.99 Å². The molecule has 3 heteroatoms. The fraction of sp³-hybridized carbons (Fsp3) is 0.850. The number of rotatable bonds is 14. The summed E-state index contributed by atoms with van der Waals surface area (Å²) in [6, 6.07) is 0. The van der Waals surface area contributed by atoms with Crippen LogP contribution in [0.1, 0.15) is 90.9 Å². The molecule has 0 aromatic carbocycles. The van der Waals surface area contributed by atoms with Crippen LogP contribution >= 0.6 is 0 Å². The molecule has 1 N–H and O–H groups in total. The molecular weight excluding hydrogens is 284 g/mol. The van der Waals surface area contributed by atoms with Crippen LogP contribution in [-0.4, -0.2) is 35.2 Å². The minimum absolute atomic E-state index is 0.219. The molecule has 23 heavy (non-hydrogen) atoms. The number of hydrogen-bond donors (Lipinski definition) is 1. The maximum absolute atomic E-state index is 9.67. The predicted octanol–water partition coefficient (Wildman–Crippen LogP) is 5.29. The SMILES string of the molecule is CC/C=C/CCCCCCCCCCCC1N=CCN1C(C)O. The Balaban J connectivity index is 1.83. The van der Waals surface area contributed by atoms with Gasteiger partial charge in [-0.1, -0.05) is 64.0 Å². The van der Waals surface area contributed by atoms with Crippen LogP contribution in [0.3, 0.4) is 0 Å². The number of nitrogens with zero attached hydrogens (tertiary/aromatic N) is 2. The molecule has 0 fully saturated rings. The Morgan fingerprint density at radius 2 is 1.65 bits per heavy atom. The standard InChI is InChI=1S/C20H38N2O/c1-3-4-5-6-7-8-9-10-11-12-13-14-15-16-20-21-17-18-22(20)19(2)23/h4-5,17,19-20,23H,3,6-16,18H2,1-2H3/b5-4+. The highest BCUT2D eigenvalue weighted by atomic mass is 16.3. The van der Waals surface area contributed by atoms with Gasteiger partial charge in [-0.3, -0.25) is 9.89 Å². The number of hydrogen-bond acceptors (Lipinski definition) is 3. The van der Waals surface area contributed by atoms with Gasteiger partial charge in [0.2, 0.25) is 0 Å². The first-order valence-electron chi connectivity index (χ1n) is 9.86. The van der Waals surface area contributed by atoms with E-state index in [1.54, 1.807) is 0 Å². The Kier molecular flexibility index (Phi) is 12.2. The second-order valence-corrected chi connectivity index (χ2v) is 6.78. The fourth-order valence-electron chi connectivity index (χ4n) is 3.22. The number of aliphatic hydroxyl groups is 1. The first-order valence-corrected chi connectivity index (χ1v) is 9.86. The Hall–Kier alpha value is -0.670. The molecule has 0 amide bonds. The molecule has 1 aliphatic rings. The molecule has 0 aromatic heterocycles. The lowest BCUT2D eigenvalue weighted by Crippen LogP contribution is -2.37. The number of aliphatic imine (C=N–C) groups is 1. The molecule has 1 aliphatic heterocycles. The van der Waals surface area contributed by atoms with Crippen LogP contribution in [0.5, 0.6) is 0 Å². The van der Waals surface area contributed by atoms with Crippen molar-refractivity contribution < 1.29 is 5.11 Å². The molecule has 0 bridgehead atoms. The average molecular weight is 323 g/mol. The number of aliphatic hydroxyl groups excluding tert-OH is 1. The Morgan fingerprint density at radius 3 is 2.26 bits per heavy atom. The maximum Gasteiger partial charge on any atom is 0.106 e. The minimum atomic E-state index is -0.375. The normalized spacial score (nSPS) is 19.9. The van der Waals surface area contributed by atoms with E-state index >= 15 is 0 Å². The van der Waals surface area contributed by atoms with E-state index in [9.17, 15) is 5.11 Å². The van der Waals surface area contributed by atoms with E-state index in [0.29, 0.717) is 0 Å². The number of allylic oxidation sites excluding steroid dienone is 2. The highest BCUT2D eigenvalue weighted by Crippen LogP contribution is 2.18. The van der Waals surface area contributed by atoms with E-state index in [4.69, 9.17) is 0 Å². The molecule has 3 nitrogen and oxygen atoms in total. The van der Waals surface area contributed by atoms with Crippen molar-refractivity contribution in [2.75, 3.05) is 6.54 Å². The molecule has 134 valence electrons. The molecule has 1 heterocycles. The monoisotopic (exact) mass is 322 g/mol. The summed E-state index contributed by atoms with van der Waals surface area (Å²) in [6.07, 6.45) is 22.1. The van der Waals surface area contributed by atoms with Gasteiger partial charge >= 0.3 is 0 Å². The molecule has 0 radical (unpaired) electrons. The molecule has 0 aromatic rings. The summed E-state index contributed by atoms with van der Waals surface area (Å²) >= 11 is 0. The highest BCUT2D eigenvalue weighted by Gasteiger charge is 2.23. The van der Waals surface area contributed by atoms with Gasteiger partial charge in [0.1, 0.15) is 12.4 Å². The molecule has 2 unspecified atom stereocenters. The first-order chi connectivity index (χ1) is 11.3. The predicted molar refractivity (Wildman–Crippen MR) is 101 cm³/mol. The molecular formula is C20H38N2O. The molecule has 2 atom stereocenters. The van der Waals surface area contributed by atoms with E-state index in [-0.39, 0.29) is 12.4 Å². The molecule has 0 aliphatic carbocycles. The Labute approximate surface area is 143 Å². The topological polar surface area (TPSA) is 35.8 Å². The number of unbranched alkanes of at least 4 members (excludes halogenated alkanes) is 9. The summed E-state index contributed by atoms with van der Waals surface area (Å²) in [5.74, 6) is 0. The molecule has 1 rings (SSSR count). The van der Waals surface area contributed by atoms with Crippen LogP contribution in [0, 0.1) is 0 Å². The third-order valence-corrected chi connectivity index (χ3v) is 4.67. The van der Waals surface area contributed by atoms with E-state index in [1.165, 1.54) is 70.6 Å². The van der Waals surface area contributed by atoms with Crippen molar-refractivity contribution in [2.45, 2.75) is 103 Å². The molecule has 0 saturated carbocycles.